The number of anilines is 2. The van der Waals surface area contributed by atoms with Crippen molar-refractivity contribution in [2.45, 2.75) is 53.0 Å². The van der Waals surface area contributed by atoms with Gasteiger partial charge < -0.3 is 5.32 Å². The Labute approximate surface area is 191 Å². The third-order valence-electron chi connectivity index (χ3n) is 5.62. The van der Waals surface area contributed by atoms with Gasteiger partial charge in [0.05, 0.1) is 18.2 Å². The largest absolute Gasteiger partial charge is 0.326 e. The lowest BCUT2D eigenvalue weighted by molar-refractivity contribution is 0.256. The van der Waals surface area contributed by atoms with Crippen LogP contribution in [0, 0.1) is 18.3 Å². The molecular weight excluding hydrogens is 394 g/mol. The SMILES string of the molecule is Cc1ccc(N(Cc2ccc(C#N)cc2)C(=O)Nc2c(C(C)C)cccc2C(C)C)cc1. The molecule has 0 aliphatic heterocycles. The van der Waals surface area contributed by atoms with Gasteiger partial charge in [-0.15, -0.1) is 0 Å². The molecule has 3 rings (SSSR count). The molecule has 0 aliphatic rings. The molecule has 3 aromatic rings. The van der Waals surface area contributed by atoms with Crippen LogP contribution in [-0.4, -0.2) is 6.03 Å². The number of hydrogen-bond acceptors (Lipinski definition) is 2. The van der Waals surface area contributed by atoms with Crippen LogP contribution in [0.4, 0.5) is 16.2 Å². The van der Waals surface area contributed by atoms with Gasteiger partial charge in [0.15, 0.2) is 0 Å². The van der Waals surface area contributed by atoms with Crippen molar-refractivity contribution in [3.8, 4) is 6.07 Å². The van der Waals surface area contributed by atoms with Crippen molar-refractivity contribution >= 4 is 17.4 Å². The quantitative estimate of drug-likeness (QED) is 0.449. The normalized spacial score (nSPS) is 10.8. The van der Waals surface area contributed by atoms with E-state index in [9.17, 15) is 4.79 Å². The molecule has 0 aliphatic carbocycles. The number of nitriles is 1. The van der Waals surface area contributed by atoms with Gasteiger partial charge in [-0.1, -0.05) is 75.7 Å². The Kier molecular flexibility index (Phi) is 7.33. The number of urea groups is 1. The van der Waals surface area contributed by atoms with Gasteiger partial charge in [0.1, 0.15) is 0 Å². The zero-order valence-electron chi connectivity index (χ0n) is 19.5. The van der Waals surface area contributed by atoms with Crippen LogP contribution in [0.15, 0.2) is 66.7 Å². The number of amides is 2. The van der Waals surface area contributed by atoms with Crippen LogP contribution >= 0.6 is 0 Å². The van der Waals surface area contributed by atoms with Crippen molar-refractivity contribution in [2.24, 2.45) is 0 Å². The molecular formula is C28H31N3O. The molecule has 32 heavy (non-hydrogen) atoms. The third kappa shape index (κ3) is 5.36. The maximum Gasteiger partial charge on any atom is 0.326 e. The minimum absolute atomic E-state index is 0.173. The summed E-state index contributed by atoms with van der Waals surface area (Å²) in [6, 6.07) is 23.5. The Balaban J connectivity index is 1.99. The van der Waals surface area contributed by atoms with Gasteiger partial charge in [0.25, 0.3) is 0 Å². The van der Waals surface area contributed by atoms with Crippen molar-refractivity contribution in [1.29, 1.82) is 5.26 Å². The summed E-state index contributed by atoms with van der Waals surface area (Å²) in [5.41, 5.74) is 6.69. The molecule has 0 radical (unpaired) electrons. The van der Waals surface area contributed by atoms with Crippen LogP contribution in [0.25, 0.3) is 0 Å². The first-order valence-corrected chi connectivity index (χ1v) is 11.1. The van der Waals surface area contributed by atoms with Gasteiger partial charge in [0, 0.05) is 11.4 Å². The van der Waals surface area contributed by atoms with E-state index in [0.717, 1.165) is 33.6 Å². The number of para-hydroxylation sites is 1. The van der Waals surface area contributed by atoms with Crippen molar-refractivity contribution in [1.82, 2.24) is 0 Å². The fourth-order valence-electron chi connectivity index (χ4n) is 3.74. The smallest absolute Gasteiger partial charge is 0.307 e. The molecule has 3 aromatic carbocycles. The van der Waals surface area contributed by atoms with Crippen LogP contribution in [0.1, 0.15) is 67.3 Å². The number of hydrogen-bond donors (Lipinski definition) is 1. The van der Waals surface area contributed by atoms with Crippen molar-refractivity contribution in [3.05, 3.63) is 94.5 Å². The summed E-state index contributed by atoms with van der Waals surface area (Å²) in [4.78, 5) is 15.4. The number of aryl methyl sites for hydroxylation is 1. The van der Waals surface area contributed by atoms with E-state index < -0.39 is 0 Å². The van der Waals surface area contributed by atoms with Gasteiger partial charge in [-0.2, -0.15) is 5.26 Å². The molecule has 1 N–H and O–H groups in total. The number of carbonyl (C=O) groups is 1. The maximum atomic E-state index is 13.6. The summed E-state index contributed by atoms with van der Waals surface area (Å²) >= 11 is 0. The van der Waals surface area contributed by atoms with Crippen molar-refractivity contribution in [3.63, 3.8) is 0 Å². The minimum Gasteiger partial charge on any atom is -0.307 e. The molecule has 0 bridgehead atoms. The van der Waals surface area contributed by atoms with Gasteiger partial charge in [-0.05, 0) is 59.7 Å². The Morgan fingerprint density at radius 2 is 1.47 bits per heavy atom. The summed E-state index contributed by atoms with van der Waals surface area (Å²) in [6.45, 7) is 11.0. The topological polar surface area (TPSA) is 56.1 Å². The zero-order valence-corrected chi connectivity index (χ0v) is 19.5. The van der Waals surface area contributed by atoms with Crippen molar-refractivity contribution < 1.29 is 4.79 Å². The summed E-state index contributed by atoms with van der Waals surface area (Å²) in [7, 11) is 0. The zero-order chi connectivity index (χ0) is 23.3. The van der Waals surface area contributed by atoms with E-state index in [1.54, 1.807) is 17.0 Å². The van der Waals surface area contributed by atoms with Crippen LogP contribution < -0.4 is 10.2 Å². The molecule has 4 heteroatoms. The summed E-state index contributed by atoms with van der Waals surface area (Å²) < 4.78 is 0. The Bertz CT molecular complexity index is 1080. The fourth-order valence-corrected chi connectivity index (χ4v) is 3.74. The van der Waals surface area contributed by atoms with Gasteiger partial charge in [0.2, 0.25) is 0 Å². The van der Waals surface area contributed by atoms with Gasteiger partial charge in [-0.3, -0.25) is 4.90 Å². The monoisotopic (exact) mass is 425 g/mol. The maximum absolute atomic E-state index is 13.6. The standard InChI is InChI=1S/C28H31N3O/c1-19(2)25-7-6-8-26(20(3)4)27(25)30-28(32)31(24-15-9-21(5)10-16-24)18-23-13-11-22(17-29)12-14-23/h6-16,19-20H,18H2,1-5H3,(H,30,32). The fraction of sp³-hybridized carbons (Fsp3) is 0.286. The minimum atomic E-state index is -0.173. The molecule has 164 valence electrons. The first-order chi connectivity index (χ1) is 15.3. The molecule has 0 heterocycles. The lowest BCUT2D eigenvalue weighted by atomic mass is 9.93. The predicted octanol–water partition coefficient (Wildman–Crippen LogP) is 7.35. The summed E-state index contributed by atoms with van der Waals surface area (Å²) in [5.74, 6) is 0.575. The number of nitrogens with one attached hydrogen (secondary N) is 1. The van der Waals surface area contributed by atoms with Gasteiger partial charge >= 0.3 is 6.03 Å². The van der Waals surface area contributed by atoms with E-state index in [1.165, 1.54) is 0 Å². The number of carbonyl (C=O) groups excluding carboxylic acids is 1. The average molecular weight is 426 g/mol. The van der Waals surface area contributed by atoms with Crippen LogP contribution in [-0.2, 0) is 6.54 Å². The van der Waals surface area contributed by atoms with E-state index in [2.05, 4.69) is 57.3 Å². The Morgan fingerprint density at radius 3 is 1.97 bits per heavy atom. The number of benzene rings is 3. The van der Waals surface area contributed by atoms with Crippen LogP contribution in [0.2, 0.25) is 0 Å². The summed E-state index contributed by atoms with van der Waals surface area (Å²) in [6.07, 6.45) is 0. The molecule has 4 nitrogen and oxygen atoms in total. The van der Waals surface area contributed by atoms with E-state index in [1.807, 2.05) is 43.3 Å². The predicted molar refractivity (Wildman–Crippen MR) is 132 cm³/mol. The second-order valence-electron chi connectivity index (χ2n) is 8.78. The third-order valence-corrected chi connectivity index (χ3v) is 5.62. The van der Waals surface area contributed by atoms with E-state index >= 15 is 0 Å². The second-order valence-corrected chi connectivity index (χ2v) is 8.78. The van der Waals surface area contributed by atoms with Crippen LogP contribution in [0.5, 0.6) is 0 Å². The second kappa shape index (κ2) is 10.2. The highest BCUT2D eigenvalue weighted by molar-refractivity contribution is 6.02. The first-order valence-electron chi connectivity index (χ1n) is 11.1. The molecule has 0 spiro atoms. The lowest BCUT2D eigenvalue weighted by Crippen LogP contribution is -2.35. The van der Waals surface area contributed by atoms with Crippen molar-refractivity contribution in [2.75, 3.05) is 10.2 Å². The number of nitrogens with zero attached hydrogens (tertiary/aromatic N) is 2. The lowest BCUT2D eigenvalue weighted by Gasteiger charge is -2.26. The first kappa shape index (κ1) is 23.1. The Morgan fingerprint density at radius 1 is 0.906 bits per heavy atom. The molecule has 0 aromatic heterocycles. The van der Waals surface area contributed by atoms with Gasteiger partial charge in [-0.25, -0.2) is 4.79 Å². The Hall–Kier alpha value is -3.58. The molecule has 2 amide bonds. The average Bonchev–Trinajstić information content (AvgIpc) is 2.78. The van der Waals surface area contributed by atoms with E-state index in [4.69, 9.17) is 5.26 Å². The molecule has 0 saturated carbocycles. The molecule has 0 fully saturated rings. The number of rotatable bonds is 6. The molecule has 0 atom stereocenters. The highest BCUT2D eigenvalue weighted by Gasteiger charge is 2.21. The molecule has 0 saturated heterocycles. The highest BCUT2D eigenvalue weighted by atomic mass is 16.2. The highest BCUT2D eigenvalue weighted by Crippen LogP contribution is 2.33. The van der Waals surface area contributed by atoms with E-state index in [-0.39, 0.29) is 17.9 Å². The van der Waals surface area contributed by atoms with E-state index in [0.29, 0.717) is 12.1 Å². The summed E-state index contributed by atoms with van der Waals surface area (Å²) in [5, 5.41) is 12.3. The van der Waals surface area contributed by atoms with Crippen LogP contribution in [0.3, 0.4) is 0 Å². The molecule has 0 unspecified atom stereocenters.